The third-order valence-electron chi connectivity index (χ3n) is 1.81. The predicted octanol–water partition coefficient (Wildman–Crippen LogP) is 2.55. The Hall–Kier alpha value is -0.0900. The fourth-order valence-corrected chi connectivity index (χ4v) is 1.50. The topological polar surface area (TPSA) is 3.24 Å². The molecule has 1 aromatic rings. The third-order valence-corrected chi connectivity index (χ3v) is 3.36. The fourth-order valence-electron chi connectivity index (χ4n) is 0.991. The van der Waals surface area contributed by atoms with E-state index in [-0.39, 0.29) is 0 Å². The van der Waals surface area contributed by atoms with E-state index >= 15 is 0 Å². The van der Waals surface area contributed by atoms with E-state index < -0.39 is 0 Å². The van der Waals surface area contributed by atoms with Crippen molar-refractivity contribution in [2.75, 3.05) is 14.1 Å². The van der Waals surface area contributed by atoms with Crippen molar-refractivity contribution >= 4 is 22.6 Å². The Morgan fingerprint density at radius 2 is 1.83 bits per heavy atom. The molecular formula is C10H14IN. The molecule has 0 unspecified atom stereocenters. The molecule has 1 atom stereocenters. The number of alkyl halides is 1. The molecule has 66 valence electrons. The van der Waals surface area contributed by atoms with E-state index in [4.69, 9.17) is 0 Å². The second kappa shape index (κ2) is 4.82. The van der Waals surface area contributed by atoms with Crippen molar-refractivity contribution < 1.29 is 0 Å². The SMILES string of the molecule is CN(C)[C@H](I)Cc1ccccc1. The van der Waals surface area contributed by atoms with E-state index in [0.717, 1.165) is 6.42 Å². The Morgan fingerprint density at radius 1 is 1.25 bits per heavy atom. The molecule has 1 aromatic carbocycles. The molecule has 12 heavy (non-hydrogen) atoms. The van der Waals surface area contributed by atoms with Crippen LogP contribution in [-0.2, 0) is 6.42 Å². The maximum atomic E-state index is 2.46. The molecule has 0 N–H and O–H groups in total. The highest BCUT2D eigenvalue weighted by Gasteiger charge is 2.05. The van der Waals surface area contributed by atoms with Gasteiger partial charge in [-0.1, -0.05) is 52.9 Å². The van der Waals surface area contributed by atoms with Crippen LogP contribution in [0.2, 0.25) is 0 Å². The molecule has 0 saturated heterocycles. The van der Waals surface area contributed by atoms with Gasteiger partial charge >= 0.3 is 0 Å². The van der Waals surface area contributed by atoms with Gasteiger partial charge in [0.1, 0.15) is 0 Å². The average molecular weight is 275 g/mol. The summed E-state index contributed by atoms with van der Waals surface area (Å²) in [5.74, 6) is 0. The maximum Gasteiger partial charge on any atom is 0.0654 e. The number of hydrogen-bond donors (Lipinski definition) is 0. The summed E-state index contributed by atoms with van der Waals surface area (Å²) in [6.45, 7) is 0. The molecule has 0 bridgehead atoms. The van der Waals surface area contributed by atoms with Crippen LogP contribution in [0.15, 0.2) is 30.3 Å². The third kappa shape index (κ3) is 3.11. The lowest BCUT2D eigenvalue weighted by atomic mass is 10.1. The first-order valence-electron chi connectivity index (χ1n) is 4.04. The maximum absolute atomic E-state index is 2.46. The second-order valence-electron chi connectivity index (χ2n) is 3.09. The number of likely N-dealkylation sites (N-methyl/N-ethyl adjacent to an activating group) is 1. The van der Waals surface area contributed by atoms with Crippen LogP contribution in [0, 0.1) is 0 Å². The van der Waals surface area contributed by atoms with Gasteiger partial charge < -0.3 is 0 Å². The van der Waals surface area contributed by atoms with Crippen LogP contribution in [0.3, 0.4) is 0 Å². The van der Waals surface area contributed by atoms with Gasteiger partial charge in [-0.05, 0) is 26.1 Å². The fraction of sp³-hybridized carbons (Fsp3) is 0.400. The summed E-state index contributed by atoms with van der Waals surface area (Å²) < 4.78 is 0.588. The van der Waals surface area contributed by atoms with E-state index in [1.807, 2.05) is 0 Å². The van der Waals surface area contributed by atoms with Gasteiger partial charge in [0.05, 0.1) is 4.05 Å². The monoisotopic (exact) mass is 275 g/mol. The van der Waals surface area contributed by atoms with Crippen molar-refractivity contribution in [1.82, 2.24) is 4.90 Å². The summed E-state index contributed by atoms with van der Waals surface area (Å²) in [6.07, 6.45) is 1.12. The van der Waals surface area contributed by atoms with Crippen LogP contribution in [0.4, 0.5) is 0 Å². The summed E-state index contributed by atoms with van der Waals surface area (Å²) >= 11 is 2.46. The molecule has 1 nitrogen and oxygen atoms in total. The molecule has 2 heteroatoms. The number of nitrogens with zero attached hydrogens (tertiary/aromatic N) is 1. The summed E-state index contributed by atoms with van der Waals surface area (Å²) in [5.41, 5.74) is 1.41. The molecule has 0 heterocycles. The van der Waals surface area contributed by atoms with Gasteiger partial charge in [-0.3, -0.25) is 4.90 Å². The van der Waals surface area contributed by atoms with Gasteiger partial charge in [0.15, 0.2) is 0 Å². The zero-order chi connectivity index (χ0) is 8.97. The molecular weight excluding hydrogens is 261 g/mol. The number of hydrogen-bond acceptors (Lipinski definition) is 1. The standard InChI is InChI=1S/C10H14IN/c1-12(2)10(11)8-9-6-4-3-5-7-9/h3-7,10H,8H2,1-2H3/t10-/m0/s1. The number of halogens is 1. The second-order valence-corrected chi connectivity index (χ2v) is 4.53. The number of rotatable bonds is 3. The summed E-state index contributed by atoms with van der Waals surface area (Å²) in [7, 11) is 4.22. The van der Waals surface area contributed by atoms with Crippen LogP contribution in [0.1, 0.15) is 5.56 Å². The van der Waals surface area contributed by atoms with E-state index in [9.17, 15) is 0 Å². The first-order chi connectivity index (χ1) is 5.70. The highest BCUT2D eigenvalue weighted by atomic mass is 127. The van der Waals surface area contributed by atoms with Crippen molar-refractivity contribution in [3.05, 3.63) is 35.9 Å². The zero-order valence-electron chi connectivity index (χ0n) is 7.50. The van der Waals surface area contributed by atoms with Crippen LogP contribution >= 0.6 is 22.6 Å². The van der Waals surface area contributed by atoms with E-state index in [0.29, 0.717) is 4.05 Å². The molecule has 0 saturated carbocycles. The summed E-state index contributed by atoms with van der Waals surface area (Å²) in [5, 5.41) is 0. The zero-order valence-corrected chi connectivity index (χ0v) is 9.65. The normalized spacial score (nSPS) is 13.3. The summed E-state index contributed by atoms with van der Waals surface area (Å²) in [4.78, 5) is 2.23. The molecule has 0 spiro atoms. The smallest absolute Gasteiger partial charge is 0.0654 e. The van der Waals surface area contributed by atoms with E-state index in [1.165, 1.54) is 5.56 Å². The highest BCUT2D eigenvalue weighted by Crippen LogP contribution is 2.11. The Morgan fingerprint density at radius 3 is 2.33 bits per heavy atom. The van der Waals surface area contributed by atoms with Crippen LogP contribution in [0.25, 0.3) is 0 Å². The summed E-state index contributed by atoms with van der Waals surface area (Å²) in [6, 6.07) is 10.6. The molecule has 1 rings (SSSR count). The predicted molar refractivity (Wildman–Crippen MR) is 61.6 cm³/mol. The van der Waals surface area contributed by atoms with Crippen molar-refractivity contribution in [3.8, 4) is 0 Å². The highest BCUT2D eigenvalue weighted by molar-refractivity contribution is 14.1. The largest absolute Gasteiger partial charge is 0.298 e. The molecule has 0 aromatic heterocycles. The average Bonchev–Trinajstić information content (AvgIpc) is 2.06. The molecule has 0 aliphatic rings. The van der Waals surface area contributed by atoms with Crippen LogP contribution in [0.5, 0.6) is 0 Å². The van der Waals surface area contributed by atoms with E-state index in [2.05, 4.69) is 71.9 Å². The van der Waals surface area contributed by atoms with Gasteiger partial charge in [-0.25, -0.2) is 0 Å². The van der Waals surface area contributed by atoms with E-state index in [1.54, 1.807) is 0 Å². The van der Waals surface area contributed by atoms with Gasteiger partial charge in [0, 0.05) is 0 Å². The molecule has 0 aliphatic carbocycles. The number of benzene rings is 1. The van der Waals surface area contributed by atoms with Crippen LogP contribution in [-0.4, -0.2) is 23.0 Å². The molecule has 0 aliphatic heterocycles. The Bertz CT molecular complexity index is 221. The van der Waals surface area contributed by atoms with Crippen molar-refractivity contribution in [2.45, 2.75) is 10.5 Å². The lowest BCUT2D eigenvalue weighted by Gasteiger charge is -2.17. The Kier molecular flexibility index (Phi) is 4.01. The van der Waals surface area contributed by atoms with Gasteiger partial charge in [0.2, 0.25) is 0 Å². The lowest BCUT2D eigenvalue weighted by molar-refractivity contribution is 0.396. The minimum absolute atomic E-state index is 0.588. The Labute approximate surface area is 87.9 Å². The minimum Gasteiger partial charge on any atom is -0.298 e. The van der Waals surface area contributed by atoms with Gasteiger partial charge in [-0.2, -0.15) is 0 Å². The van der Waals surface area contributed by atoms with Gasteiger partial charge in [-0.15, -0.1) is 0 Å². The quantitative estimate of drug-likeness (QED) is 0.465. The van der Waals surface area contributed by atoms with Crippen molar-refractivity contribution in [2.24, 2.45) is 0 Å². The van der Waals surface area contributed by atoms with Gasteiger partial charge in [0.25, 0.3) is 0 Å². The Balaban J connectivity index is 2.53. The first kappa shape index (κ1) is 9.99. The molecule has 0 fully saturated rings. The van der Waals surface area contributed by atoms with Crippen molar-refractivity contribution in [1.29, 1.82) is 0 Å². The minimum atomic E-state index is 0.588. The first-order valence-corrected chi connectivity index (χ1v) is 5.29. The lowest BCUT2D eigenvalue weighted by Crippen LogP contribution is -2.23. The van der Waals surface area contributed by atoms with Crippen LogP contribution < -0.4 is 0 Å². The molecule has 0 amide bonds. The molecule has 0 radical (unpaired) electrons. The van der Waals surface area contributed by atoms with Crippen molar-refractivity contribution in [3.63, 3.8) is 0 Å².